The van der Waals surface area contributed by atoms with Crippen molar-refractivity contribution in [3.05, 3.63) is 34.4 Å². The molecule has 0 amide bonds. The number of carbonyl (C=O) groups is 1. The van der Waals surface area contributed by atoms with Gasteiger partial charge in [0.2, 0.25) is 0 Å². The lowest BCUT2D eigenvalue weighted by atomic mass is 9.98. The smallest absolute Gasteiger partial charge is 0.417 e. The minimum Gasteiger partial charge on any atom is -0.465 e. The minimum atomic E-state index is -5.03. The maximum atomic E-state index is 12.7. The van der Waals surface area contributed by atoms with Crippen molar-refractivity contribution in [1.82, 2.24) is 0 Å². The molecule has 0 aliphatic rings. The summed E-state index contributed by atoms with van der Waals surface area (Å²) in [5, 5.41) is 8.60. The zero-order valence-corrected chi connectivity index (χ0v) is 9.39. The van der Waals surface area contributed by atoms with E-state index in [9.17, 15) is 26.7 Å². The Kier molecular flexibility index (Phi) is 4.09. The first-order valence-electron chi connectivity index (χ1n) is 4.74. The van der Waals surface area contributed by atoms with E-state index in [0.29, 0.717) is 12.1 Å². The Bertz CT molecular complexity index is 545. The van der Waals surface area contributed by atoms with Crippen LogP contribution in [-0.2, 0) is 10.9 Å². The van der Waals surface area contributed by atoms with Crippen molar-refractivity contribution in [3.8, 4) is 6.07 Å². The van der Waals surface area contributed by atoms with Crippen molar-refractivity contribution in [2.24, 2.45) is 0 Å². The maximum absolute atomic E-state index is 12.7. The monoisotopic (exact) mass is 279 g/mol. The van der Waals surface area contributed by atoms with Crippen LogP contribution in [0.25, 0.3) is 0 Å². The van der Waals surface area contributed by atoms with E-state index >= 15 is 0 Å². The first kappa shape index (κ1) is 14.9. The molecule has 1 aromatic carbocycles. The normalized spacial score (nSPS) is 11.3. The van der Waals surface area contributed by atoms with E-state index in [1.54, 1.807) is 0 Å². The summed E-state index contributed by atoms with van der Waals surface area (Å²) < 4.78 is 67.5. The molecule has 102 valence electrons. The molecule has 0 fully saturated rings. The number of nitrogens with zero attached hydrogens (tertiary/aromatic N) is 1. The van der Waals surface area contributed by atoms with Crippen LogP contribution < -0.4 is 0 Å². The second kappa shape index (κ2) is 5.22. The lowest BCUT2D eigenvalue weighted by molar-refractivity contribution is -0.137. The molecule has 0 saturated carbocycles. The second-order valence-electron chi connectivity index (χ2n) is 3.39. The van der Waals surface area contributed by atoms with Crippen LogP contribution in [0.15, 0.2) is 12.1 Å². The highest BCUT2D eigenvalue weighted by atomic mass is 19.4. The van der Waals surface area contributed by atoms with Crippen molar-refractivity contribution in [2.75, 3.05) is 7.11 Å². The number of esters is 1. The van der Waals surface area contributed by atoms with Crippen LogP contribution in [0, 0.1) is 11.3 Å². The molecule has 0 radical (unpaired) electrons. The zero-order valence-electron chi connectivity index (χ0n) is 9.39. The molecule has 0 aliphatic heterocycles. The van der Waals surface area contributed by atoms with E-state index in [1.807, 2.05) is 0 Å². The molecule has 0 atom stereocenters. The molecule has 3 nitrogen and oxygen atoms in total. The van der Waals surface area contributed by atoms with E-state index in [2.05, 4.69) is 4.74 Å². The van der Waals surface area contributed by atoms with Gasteiger partial charge >= 0.3 is 12.1 Å². The van der Waals surface area contributed by atoms with Gasteiger partial charge in [0.15, 0.2) is 0 Å². The van der Waals surface area contributed by atoms with Gasteiger partial charge in [-0.1, -0.05) is 0 Å². The summed E-state index contributed by atoms with van der Waals surface area (Å²) >= 11 is 0. The van der Waals surface area contributed by atoms with Gasteiger partial charge in [-0.2, -0.15) is 18.4 Å². The summed E-state index contributed by atoms with van der Waals surface area (Å²) in [6, 6.07) is 1.92. The van der Waals surface area contributed by atoms with Gasteiger partial charge in [0.25, 0.3) is 6.43 Å². The van der Waals surface area contributed by atoms with Crippen molar-refractivity contribution >= 4 is 5.97 Å². The highest BCUT2D eigenvalue weighted by molar-refractivity contribution is 5.90. The number of nitriles is 1. The summed E-state index contributed by atoms with van der Waals surface area (Å²) in [5.74, 6) is -1.20. The second-order valence-corrected chi connectivity index (χ2v) is 3.39. The van der Waals surface area contributed by atoms with Crippen molar-refractivity contribution < 1.29 is 31.5 Å². The molecule has 1 aromatic rings. The third-order valence-electron chi connectivity index (χ3n) is 2.24. The van der Waals surface area contributed by atoms with Crippen LogP contribution in [0.2, 0.25) is 0 Å². The Labute approximate surface area is 104 Å². The lowest BCUT2D eigenvalue weighted by Crippen LogP contribution is -2.13. The SMILES string of the molecule is COC(=O)c1cc(C(F)F)c(C#N)c(C(F)(F)F)c1. The van der Waals surface area contributed by atoms with Crippen LogP contribution in [0.3, 0.4) is 0 Å². The van der Waals surface area contributed by atoms with Gasteiger partial charge in [-0.25, -0.2) is 13.6 Å². The van der Waals surface area contributed by atoms with Gasteiger partial charge in [0.05, 0.1) is 23.8 Å². The average Bonchev–Trinajstić information content (AvgIpc) is 2.34. The van der Waals surface area contributed by atoms with Gasteiger partial charge in [0, 0.05) is 5.56 Å². The van der Waals surface area contributed by atoms with Crippen molar-refractivity contribution in [3.63, 3.8) is 0 Å². The number of benzene rings is 1. The molecule has 0 aromatic heterocycles. The highest BCUT2D eigenvalue weighted by Crippen LogP contribution is 2.37. The summed E-state index contributed by atoms with van der Waals surface area (Å²) in [7, 11) is 0.899. The summed E-state index contributed by atoms with van der Waals surface area (Å²) in [5.41, 5.74) is -4.63. The van der Waals surface area contributed by atoms with Crippen LogP contribution in [-0.4, -0.2) is 13.1 Å². The van der Waals surface area contributed by atoms with Crippen LogP contribution in [0.5, 0.6) is 0 Å². The Balaban J connectivity index is 3.66. The molecule has 0 unspecified atom stereocenters. The maximum Gasteiger partial charge on any atom is 0.417 e. The Morgan fingerprint density at radius 1 is 1.37 bits per heavy atom. The largest absolute Gasteiger partial charge is 0.465 e. The molecule has 0 aliphatic carbocycles. The van der Waals surface area contributed by atoms with Gasteiger partial charge < -0.3 is 4.74 Å². The highest BCUT2D eigenvalue weighted by Gasteiger charge is 2.37. The number of hydrogen-bond acceptors (Lipinski definition) is 3. The molecule has 19 heavy (non-hydrogen) atoms. The number of rotatable bonds is 2. The van der Waals surface area contributed by atoms with E-state index in [-0.39, 0.29) is 0 Å². The molecule has 0 saturated heterocycles. The molecule has 0 heterocycles. The molecule has 1 rings (SSSR count). The first-order valence-corrected chi connectivity index (χ1v) is 4.74. The number of hydrogen-bond donors (Lipinski definition) is 0. The number of halogens is 5. The third-order valence-corrected chi connectivity index (χ3v) is 2.24. The fourth-order valence-corrected chi connectivity index (χ4v) is 1.42. The van der Waals surface area contributed by atoms with Gasteiger partial charge in [0.1, 0.15) is 6.07 Å². The van der Waals surface area contributed by atoms with Gasteiger partial charge in [-0.15, -0.1) is 0 Å². The number of methoxy groups -OCH3 is 1. The Hall–Kier alpha value is -2.17. The van der Waals surface area contributed by atoms with E-state index in [4.69, 9.17) is 5.26 Å². The van der Waals surface area contributed by atoms with Crippen LogP contribution >= 0.6 is 0 Å². The Morgan fingerprint density at radius 2 is 1.95 bits per heavy atom. The molecule has 8 heteroatoms. The first-order chi connectivity index (χ1) is 8.72. The van der Waals surface area contributed by atoms with Crippen molar-refractivity contribution in [1.29, 1.82) is 5.26 Å². The standard InChI is InChI=1S/C11H6F5NO2/c1-19-10(18)5-2-6(9(12)13)7(4-17)8(3-5)11(14,15)16/h2-3,9H,1H3. The predicted molar refractivity (Wildman–Crippen MR) is 52.5 cm³/mol. The third kappa shape index (κ3) is 2.99. The van der Waals surface area contributed by atoms with Crippen LogP contribution in [0.1, 0.15) is 33.5 Å². The topological polar surface area (TPSA) is 50.1 Å². The molecule has 0 spiro atoms. The summed E-state index contributed by atoms with van der Waals surface area (Å²) in [6.07, 6.45) is -8.35. The zero-order chi connectivity index (χ0) is 14.8. The van der Waals surface area contributed by atoms with E-state index in [0.717, 1.165) is 13.2 Å². The van der Waals surface area contributed by atoms with Gasteiger partial charge in [-0.3, -0.25) is 0 Å². The van der Waals surface area contributed by atoms with Gasteiger partial charge in [-0.05, 0) is 12.1 Å². The van der Waals surface area contributed by atoms with Crippen LogP contribution in [0.4, 0.5) is 22.0 Å². The number of ether oxygens (including phenoxy) is 1. The van der Waals surface area contributed by atoms with E-state index in [1.165, 1.54) is 0 Å². The summed E-state index contributed by atoms with van der Waals surface area (Å²) in [4.78, 5) is 11.1. The molecular formula is C11H6F5NO2. The fraction of sp³-hybridized carbons (Fsp3) is 0.273. The number of carbonyl (C=O) groups excluding carboxylic acids is 1. The summed E-state index contributed by atoms with van der Waals surface area (Å²) in [6.45, 7) is 0. The molecular weight excluding hydrogens is 273 g/mol. The quantitative estimate of drug-likeness (QED) is 0.616. The molecule has 0 bridgehead atoms. The fourth-order valence-electron chi connectivity index (χ4n) is 1.42. The Morgan fingerprint density at radius 3 is 2.32 bits per heavy atom. The van der Waals surface area contributed by atoms with Crippen molar-refractivity contribution in [2.45, 2.75) is 12.6 Å². The minimum absolute atomic E-state index is 0.316. The lowest BCUT2D eigenvalue weighted by Gasteiger charge is -2.13. The predicted octanol–water partition coefficient (Wildman–Crippen LogP) is 3.30. The number of alkyl halides is 5. The average molecular weight is 279 g/mol. The molecule has 0 N–H and O–H groups in total. The van der Waals surface area contributed by atoms with E-state index < -0.39 is 40.8 Å².